The molecule has 3 nitrogen and oxygen atoms in total. The summed E-state index contributed by atoms with van der Waals surface area (Å²) in [5.41, 5.74) is 1.69. The number of likely N-dealkylation sites (N-methyl/N-ethyl adjacent to an activating group) is 1. The van der Waals surface area contributed by atoms with Crippen molar-refractivity contribution >= 4 is 0 Å². The monoisotopic (exact) mass is 274 g/mol. The maximum atomic E-state index is 14.2. The van der Waals surface area contributed by atoms with Gasteiger partial charge in [-0.05, 0) is 36.2 Å². The van der Waals surface area contributed by atoms with E-state index in [4.69, 9.17) is 4.74 Å². The first-order valence-electron chi connectivity index (χ1n) is 6.71. The molecule has 1 aromatic heterocycles. The van der Waals surface area contributed by atoms with Crippen LogP contribution in [0.4, 0.5) is 4.39 Å². The van der Waals surface area contributed by atoms with Crippen LogP contribution in [-0.2, 0) is 6.42 Å². The normalized spacial score (nSPS) is 12.2. The lowest BCUT2D eigenvalue weighted by molar-refractivity contribution is 0.382. The van der Waals surface area contributed by atoms with Gasteiger partial charge in [-0.1, -0.05) is 25.1 Å². The molecule has 0 fully saturated rings. The highest BCUT2D eigenvalue weighted by Gasteiger charge is 2.15. The standard InChI is InChI=1S/C16H19FN2O/c1-3-19-14(13-7-5-9-18-11-13)10-12-6-4-8-15(20-2)16(12)17/h4-9,11,14,19H,3,10H2,1-2H3. The molecule has 0 spiro atoms. The third kappa shape index (κ3) is 3.33. The van der Waals surface area contributed by atoms with Gasteiger partial charge in [-0.25, -0.2) is 4.39 Å². The highest BCUT2D eigenvalue weighted by atomic mass is 19.1. The molecule has 1 heterocycles. The Hall–Kier alpha value is -1.94. The van der Waals surface area contributed by atoms with Crippen molar-refractivity contribution in [2.45, 2.75) is 19.4 Å². The summed E-state index contributed by atoms with van der Waals surface area (Å²) in [6.07, 6.45) is 4.10. The molecule has 2 rings (SSSR count). The molecule has 1 aromatic carbocycles. The lowest BCUT2D eigenvalue weighted by Gasteiger charge is -2.19. The topological polar surface area (TPSA) is 34.1 Å². The first kappa shape index (κ1) is 14.5. The van der Waals surface area contributed by atoms with E-state index in [0.29, 0.717) is 12.0 Å². The lowest BCUT2D eigenvalue weighted by Crippen LogP contribution is -2.23. The number of methoxy groups -OCH3 is 1. The zero-order chi connectivity index (χ0) is 14.4. The molecule has 0 bridgehead atoms. The van der Waals surface area contributed by atoms with Gasteiger partial charge in [-0.3, -0.25) is 4.98 Å². The minimum atomic E-state index is -0.290. The van der Waals surface area contributed by atoms with Gasteiger partial charge in [0.15, 0.2) is 11.6 Å². The van der Waals surface area contributed by atoms with Gasteiger partial charge in [-0.15, -0.1) is 0 Å². The summed E-state index contributed by atoms with van der Waals surface area (Å²) in [6, 6.07) is 9.16. The number of hydrogen-bond acceptors (Lipinski definition) is 3. The Labute approximate surface area is 118 Å². The van der Waals surface area contributed by atoms with Gasteiger partial charge in [0.1, 0.15) is 0 Å². The molecule has 0 aliphatic carbocycles. The van der Waals surface area contributed by atoms with E-state index in [1.807, 2.05) is 31.3 Å². The SMILES string of the molecule is CCNC(Cc1cccc(OC)c1F)c1cccnc1. The molecule has 0 saturated heterocycles. The summed E-state index contributed by atoms with van der Waals surface area (Å²) >= 11 is 0. The molecular formula is C16H19FN2O. The van der Waals surface area contributed by atoms with Gasteiger partial charge in [0.05, 0.1) is 7.11 Å². The van der Waals surface area contributed by atoms with Crippen LogP contribution in [-0.4, -0.2) is 18.6 Å². The first-order chi connectivity index (χ1) is 9.76. The molecule has 0 radical (unpaired) electrons. The van der Waals surface area contributed by atoms with Gasteiger partial charge < -0.3 is 10.1 Å². The summed E-state index contributed by atoms with van der Waals surface area (Å²) in [7, 11) is 1.48. The molecule has 0 amide bonds. The third-order valence-electron chi connectivity index (χ3n) is 3.22. The Kier molecular flexibility index (Phi) is 5.07. The highest BCUT2D eigenvalue weighted by molar-refractivity contribution is 5.32. The number of rotatable bonds is 6. The molecule has 2 aromatic rings. The third-order valence-corrected chi connectivity index (χ3v) is 3.22. The second kappa shape index (κ2) is 7.01. The number of pyridine rings is 1. The quantitative estimate of drug-likeness (QED) is 0.878. The Morgan fingerprint density at radius 2 is 2.15 bits per heavy atom. The fraction of sp³-hybridized carbons (Fsp3) is 0.312. The molecule has 0 aliphatic rings. The molecule has 0 saturated carbocycles. The second-order valence-electron chi connectivity index (χ2n) is 4.53. The van der Waals surface area contributed by atoms with Crippen molar-refractivity contribution < 1.29 is 9.13 Å². The lowest BCUT2D eigenvalue weighted by atomic mass is 9.99. The van der Waals surface area contributed by atoms with E-state index in [0.717, 1.165) is 12.1 Å². The van der Waals surface area contributed by atoms with Crippen LogP contribution in [0.15, 0.2) is 42.7 Å². The van der Waals surface area contributed by atoms with E-state index >= 15 is 0 Å². The predicted octanol–water partition coefficient (Wildman–Crippen LogP) is 3.12. The number of aromatic nitrogens is 1. The minimum Gasteiger partial charge on any atom is -0.494 e. The number of nitrogens with zero attached hydrogens (tertiary/aromatic N) is 1. The molecule has 20 heavy (non-hydrogen) atoms. The largest absolute Gasteiger partial charge is 0.494 e. The average molecular weight is 274 g/mol. The molecule has 4 heteroatoms. The second-order valence-corrected chi connectivity index (χ2v) is 4.53. The summed E-state index contributed by atoms with van der Waals surface area (Å²) < 4.78 is 19.2. The highest BCUT2D eigenvalue weighted by Crippen LogP contribution is 2.24. The molecule has 1 N–H and O–H groups in total. The van der Waals surface area contributed by atoms with Crippen molar-refractivity contribution in [3.8, 4) is 5.75 Å². The van der Waals surface area contributed by atoms with Gasteiger partial charge in [0.2, 0.25) is 0 Å². The van der Waals surface area contributed by atoms with E-state index in [2.05, 4.69) is 10.3 Å². The van der Waals surface area contributed by atoms with Crippen LogP contribution in [0.3, 0.4) is 0 Å². The molecule has 106 valence electrons. The summed E-state index contributed by atoms with van der Waals surface area (Å²) in [6.45, 7) is 2.84. The number of hydrogen-bond donors (Lipinski definition) is 1. The summed E-state index contributed by atoms with van der Waals surface area (Å²) in [5, 5.41) is 3.36. The van der Waals surface area contributed by atoms with Crippen molar-refractivity contribution in [1.82, 2.24) is 10.3 Å². The molecule has 1 atom stereocenters. The predicted molar refractivity (Wildman–Crippen MR) is 77.3 cm³/mol. The minimum absolute atomic E-state index is 0.0373. The number of nitrogens with one attached hydrogen (secondary N) is 1. The molecule has 0 aliphatic heterocycles. The number of halogens is 1. The van der Waals surface area contributed by atoms with Crippen LogP contribution in [0, 0.1) is 5.82 Å². The van der Waals surface area contributed by atoms with E-state index in [1.54, 1.807) is 18.3 Å². The summed E-state index contributed by atoms with van der Waals surface area (Å²) in [4.78, 5) is 4.13. The Morgan fingerprint density at radius 3 is 2.80 bits per heavy atom. The summed E-state index contributed by atoms with van der Waals surface area (Å²) in [5.74, 6) is -0.00858. The zero-order valence-electron chi connectivity index (χ0n) is 11.8. The van der Waals surface area contributed by atoms with Crippen molar-refractivity contribution in [2.75, 3.05) is 13.7 Å². The van der Waals surface area contributed by atoms with Gasteiger partial charge in [0, 0.05) is 18.4 Å². The van der Waals surface area contributed by atoms with Crippen LogP contribution in [0.2, 0.25) is 0 Å². The van der Waals surface area contributed by atoms with Crippen LogP contribution >= 0.6 is 0 Å². The van der Waals surface area contributed by atoms with Crippen molar-refractivity contribution in [3.63, 3.8) is 0 Å². The smallest absolute Gasteiger partial charge is 0.168 e. The molecule has 1 unspecified atom stereocenters. The van der Waals surface area contributed by atoms with Crippen LogP contribution in [0.25, 0.3) is 0 Å². The fourth-order valence-corrected chi connectivity index (χ4v) is 2.23. The van der Waals surface area contributed by atoms with Gasteiger partial charge in [-0.2, -0.15) is 0 Å². The van der Waals surface area contributed by atoms with Gasteiger partial charge in [0.25, 0.3) is 0 Å². The van der Waals surface area contributed by atoms with Gasteiger partial charge >= 0.3 is 0 Å². The van der Waals surface area contributed by atoms with Crippen molar-refractivity contribution in [2.24, 2.45) is 0 Å². The van der Waals surface area contributed by atoms with Crippen molar-refractivity contribution in [3.05, 3.63) is 59.7 Å². The fourth-order valence-electron chi connectivity index (χ4n) is 2.23. The van der Waals surface area contributed by atoms with Crippen LogP contribution in [0.1, 0.15) is 24.1 Å². The van der Waals surface area contributed by atoms with Crippen LogP contribution in [0.5, 0.6) is 5.75 Å². The Morgan fingerprint density at radius 1 is 1.30 bits per heavy atom. The van der Waals surface area contributed by atoms with E-state index in [-0.39, 0.29) is 17.6 Å². The number of benzene rings is 1. The van der Waals surface area contributed by atoms with E-state index in [1.165, 1.54) is 7.11 Å². The van der Waals surface area contributed by atoms with E-state index in [9.17, 15) is 4.39 Å². The van der Waals surface area contributed by atoms with Crippen LogP contribution < -0.4 is 10.1 Å². The zero-order valence-corrected chi connectivity index (χ0v) is 11.8. The Bertz CT molecular complexity index is 545. The Balaban J connectivity index is 2.25. The maximum absolute atomic E-state index is 14.2. The van der Waals surface area contributed by atoms with E-state index < -0.39 is 0 Å². The average Bonchev–Trinajstić information content (AvgIpc) is 2.49. The number of ether oxygens (including phenoxy) is 1. The molecular weight excluding hydrogens is 255 g/mol. The van der Waals surface area contributed by atoms with Crippen molar-refractivity contribution in [1.29, 1.82) is 0 Å². The maximum Gasteiger partial charge on any atom is 0.168 e. The first-order valence-corrected chi connectivity index (χ1v) is 6.71.